The monoisotopic (exact) mass is 554 g/mol. The van der Waals surface area contributed by atoms with E-state index in [4.69, 9.17) is 9.47 Å². The highest BCUT2D eigenvalue weighted by atomic mass is 79.9. The van der Waals surface area contributed by atoms with Crippen molar-refractivity contribution in [1.29, 1.82) is 0 Å². The van der Waals surface area contributed by atoms with Crippen LogP contribution < -0.4 is 20.3 Å². The van der Waals surface area contributed by atoms with Crippen molar-refractivity contribution in [3.8, 4) is 11.5 Å². The van der Waals surface area contributed by atoms with Crippen molar-refractivity contribution in [2.24, 2.45) is 0 Å². The molecule has 0 radical (unpaired) electrons. The number of carbonyl (C=O) groups is 2. The van der Waals surface area contributed by atoms with E-state index in [1.54, 1.807) is 0 Å². The van der Waals surface area contributed by atoms with Crippen molar-refractivity contribution >= 4 is 43.7 Å². The molecule has 6 nitrogen and oxygen atoms in total. The summed E-state index contributed by atoms with van der Waals surface area (Å²) in [6.07, 6.45) is 0. The van der Waals surface area contributed by atoms with E-state index >= 15 is 0 Å². The third-order valence-corrected chi connectivity index (χ3v) is 5.54. The molecule has 0 unspecified atom stereocenters. The van der Waals surface area contributed by atoms with Crippen LogP contribution in [0.4, 0.5) is 0 Å². The predicted octanol–water partition coefficient (Wildman–Crippen LogP) is 5.24. The van der Waals surface area contributed by atoms with Crippen molar-refractivity contribution in [3.63, 3.8) is 0 Å². The smallest absolute Gasteiger partial charge is 0.276 e. The Labute approximate surface area is 200 Å². The third kappa shape index (κ3) is 7.85. The van der Waals surface area contributed by atoms with E-state index in [0.29, 0.717) is 17.4 Å². The van der Waals surface area contributed by atoms with Crippen LogP contribution in [-0.4, -0.2) is 25.0 Å². The first-order valence-electron chi connectivity index (χ1n) is 9.90. The zero-order valence-electron chi connectivity index (χ0n) is 18.3. The number of hydrogen-bond donors (Lipinski definition) is 2. The lowest BCUT2D eigenvalue weighted by atomic mass is 9.86. The van der Waals surface area contributed by atoms with Crippen molar-refractivity contribution in [2.45, 2.75) is 46.0 Å². The van der Waals surface area contributed by atoms with E-state index in [1.165, 1.54) is 0 Å². The molecule has 2 amide bonds. The topological polar surface area (TPSA) is 76.7 Å². The number of halogens is 2. The minimum absolute atomic E-state index is 0.150. The largest absolute Gasteiger partial charge is 0.483 e. The molecule has 0 aliphatic rings. The highest BCUT2D eigenvalue weighted by molar-refractivity contribution is 9.10. The lowest BCUT2D eigenvalue weighted by Crippen LogP contribution is -2.45. The van der Waals surface area contributed by atoms with Crippen molar-refractivity contribution in [3.05, 3.63) is 56.5 Å². The molecular weight excluding hydrogens is 528 g/mol. The van der Waals surface area contributed by atoms with Crippen LogP contribution in [0.15, 0.2) is 45.3 Å². The SMILES string of the molecule is CC(C)c1ccc(OCC(=O)NNC(=O)COc2ccc(Br)cc2C(C)(C)C)c(Br)c1. The average Bonchev–Trinajstić information content (AvgIpc) is 2.69. The lowest BCUT2D eigenvalue weighted by Gasteiger charge is -2.23. The lowest BCUT2D eigenvalue weighted by molar-refractivity contribution is -0.131. The summed E-state index contributed by atoms with van der Waals surface area (Å²) in [4.78, 5) is 24.1. The maximum atomic E-state index is 12.1. The van der Waals surface area contributed by atoms with Gasteiger partial charge in [-0.05, 0) is 63.2 Å². The van der Waals surface area contributed by atoms with Gasteiger partial charge >= 0.3 is 0 Å². The summed E-state index contributed by atoms with van der Waals surface area (Å²) in [6.45, 7) is 9.94. The molecule has 0 aliphatic carbocycles. The summed E-state index contributed by atoms with van der Waals surface area (Å²) >= 11 is 6.91. The molecule has 0 aliphatic heterocycles. The minimum atomic E-state index is -0.479. The number of hydrogen-bond acceptors (Lipinski definition) is 4. The van der Waals surface area contributed by atoms with Gasteiger partial charge in [-0.1, -0.05) is 56.6 Å². The van der Waals surface area contributed by atoms with Gasteiger partial charge in [0.15, 0.2) is 13.2 Å². The Kier molecular flexibility index (Phi) is 8.94. The van der Waals surface area contributed by atoms with Gasteiger partial charge in [0.2, 0.25) is 0 Å². The Morgan fingerprint density at radius 2 is 1.45 bits per heavy atom. The van der Waals surface area contributed by atoms with Gasteiger partial charge in [-0.2, -0.15) is 0 Å². The van der Waals surface area contributed by atoms with E-state index in [-0.39, 0.29) is 18.6 Å². The maximum Gasteiger partial charge on any atom is 0.276 e. The van der Waals surface area contributed by atoms with Gasteiger partial charge in [-0.25, -0.2) is 0 Å². The Balaban J connectivity index is 1.81. The number of rotatable bonds is 7. The first-order chi connectivity index (χ1) is 14.5. The fourth-order valence-electron chi connectivity index (χ4n) is 2.71. The maximum absolute atomic E-state index is 12.1. The van der Waals surface area contributed by atoms with Crippen LogP contribution in [-0.2, 0) is 15.0 Å². The van der Waals surface area contributed by atoms with Gasteiger partial charge in [-0.15, -0.1) is 0 Å². The summed E-state index contributed by atoms with van der Waals surface area (Å²) in [5.41, 5.74) is 6.65. The highest BCUT2D eigenvalue weighted by Gasteiger charge is 2.20. The van der Waals surface area contributed by atoms with Crippen LogP contribution in [0.25, 0.3) is 0 Å². The number of ether oxygens (including phenoxy) is 2. The first kappa shape index (κ1) is 25.2. The molecule has 2 rings (SSSR count). The standard InChI is InChI=1S/C23H28Br2N2O4/c1-14(2)15-6-8-20(18(25)10-15)31-13-22(29)27-26-21(28)12-30-19-9-7-16(24)11-17(19)23(3,4)5/h6-11,14H,12-13H2,1-5H3,(H,26,28)(H,27,29). The summed E-state index contributed by atoms with van der Waals surface area (Å²) in [6, 6.07) is 11.4. The molecule has 0 atom stereocenters. The summed E-state index contributed by atoms with van der Waals surface area (Å²) in [5.74, 6) is 0.614. The number of nitrogens with one attached hydrogen (secondary N) is 2. The quantitative estimate of drug-likeness (QED) is 0.458. The molecule has 0 spiro atoms. The fraction of sp³-hybridized carbons (Fsp3) is 0.391. The van der Waals surface area contributed by atoms with Gasteiger partial charge in [-0.3, -0.25) is 20.4 Å². The Morgan fingerprint density at radius 3 is 1.97 bits per heavy atom. The number of hydrazine groups is 1. The zero-order valence-corrected chi connectivity index (χ0v) is 21.5. The summed E-state index contributed by atoms with van der Waals surface area (Å²) in [7, 11) is 0. The van der Waals surface area contributed by atoms with Crippen LogP contribution in [0.2, 0.25) is 0 Å². The second-order valence-corrected chi connectivity index (χ2v) is 10.2. The van der Waals surface area contributed by atoms with Crippen LogP contribution in [0, 0.1) is 0 Å². The Bertz CT molecular complexity index is 940. The molecule has 2 aromatic rings. The molecule has 0 fully saturated rings. The molecule has 0 aromatic heterocycles. The van der Waals surface area contributed by atoms with E-state index in [0.717, 1.165) is 20.1 Å². The number of amides is 2. The molecule has 31 heavy (non-hydrogen) atoms. The van der Waals surface area contributed by atoms with Crippen LogP contribution in [0.3, 0.4) is 0 Å². The average molecular weight is 556 g/mol. The molecule has 0 bridgehead atoms. The van der Waals surface area contributed by atoms with Crippen molar-refractivity contribution < 1.29 is 19.1 Å². The van der Waals surface area contributed by atoms with Gasteiger partial charge in [0.25, 0.3) is 11.8 Å². The highest BCUT2D eigenvalue weighted by Crippen LogP contribution is 2.33. The molecule has 0 saturated heterocycles. The van der Waals surface area contributed by atoms with E-state index in [1.807, 2.05) is 36.4 Å². The molecule has 0 heterocycles. The number of benzene rings is 2. The third-order valence-electron chi connectivity index (χ3n) is 4.43. The molecule has 2 N–H and O–H groups in total. The summed E-state index contributed by atoms with van der Waals surface area (Å²) in [5, 5.41) is 0. The van der Waals surface area contributed by atoms with Crippen LogP contribution in [0.1, 0.15) is 51.7 Å². The van der Waals surface area contributed by atoms with Crippen LogP contribution in [0.5, 0.6) is 11.5 Å². The van der Waals surface area contributed by atoms with Crippen LogP contribution >= 0.6 is 31.9 Å². The molecule has 2 aromatic carbocycles. The fourth-order valence-corrected chi connectivity index (χ4v) is 3.58. The minimum Gasteiger partial charge on any atom is -0.483 e. The second-order valence-electron chi connectivity index (χ2n) is 8.41. The molecule has 168 valence electrons. The van der Waals surface area contributed by atoms with Gasteiger partial charge in [0, 0.05) is 10.0 Å². The second kappa shape index (κ2) is 11.0. The first-order valence-corrected chi connectivity index (χ1v) is 11.5. The van der Waals surface area contributed by atoms with Gasteiger partial charge in [0.05, 0.1) is 4.47 Å². The number of carbonyl (C=O) groups excluding carboxylic acids is 2. The Hall–Kier alpha value is -2.06. The van der Waals surface area contributed by atoms with Crippen molar-refractivity contribution in [1.82, 2.24) is 10.9 Å². The molecule has 0 saturated carbocycles. The zero-order chi connectivity index (χ0) is 23.2. The van der Waals surface area contributed by atoms with E-state index in [2.05, 4.69) is 77.3 Å². The molecular formula is C23H28Br2N2O4. The summed E-state index contributed by atoms with van der Waals surface area (Å²) < 4.78 is 12.9. The normalized spacial score (nSPS) is 11.2. The molecule has 8 heteroatoms. The van der Waals surface area contributed by atoms with E-state index < -0.39 is 11.8 Å². The van der Waals surface area contributed by atoms with Crippen molar-refractivity contribution in [2.75, 3.05) is 13.2 Å². The van der Waals surface area contributed by atoms with Gasteiger partial charge < -0.3 is 9.47 Å². The van der Waals surface area contributed by atoms with Gasteiger partial charge in [0.1, 0.15) is 11.5 Å². The predicted molar refractivity (Wildman–Crippen MR) is 128 cm³/mol. The van der Waals surface area contributed by atoms with E-state index in [9.17, 15) is 9.59 Å². The Morgan fingerprint density at radius 1 is 0.903 bits per heavy atom.